The molecule has 1 rings (SSSR count). The summed E-state index contributed by atoms with van der Waals surface area (Å²) in [4.78, 5) is 2.37. The van der Waals surface area contributed by atoms with Crippen LogP contribution in [0, 0.1) is 23.2 Å². The molecule has 1 atom stereocenters. The Bertz CT molecular complexity index is 317. The summed E-state index contributed by atoms with van der Waals surface area (Å²) in [6, 6.07) is 2.08. The van der Waals surface area contributed by atoms with Crippen LogP contribution in [0.4, 0.5) is 0 Å². The number of ether oxygens (including phenoxy) is 1. The summed E-state index contributed by atoms with van der Waals surface area (Å²) < 4.78 is 5.67. The molecule has 0 aliphatic carbocycles. The van der Waals surface area contributed by atoms with Crippen LogP contribution in [0.25, 0.3) is 0 Å². The Morgan fingerprint density at radius 3 is 2.65 bits per heavy atom. The molecule has 0 aromatic rings. The van der Waals surface area contributed by atoms with Gasteiger partial charge in [0.1, 0.15) is 5.60 Å². The molecular formula is C14H22N2O. The Labute approximate surface area is 105 Å². The van der Waals surface area contributed by atoms with Gasteiger partial charge in [-0.05, 0) is 39.3 Å². The predicted octanol–water partition coefficient (Wildman–Crippen LogP) is 2.18. The molecule has 0 saturated carbocycles. The van der Waals surface area contributed by atoms with Crippen molar-refractivity contribution in [2.45, 2.75) is 45.1 Å². The van der Waals surface area contributed by atoms with Gasteiger partial charge in [0.15, 0.2) is 0 Å². The molecule has 1 aliphatic rings. The lowest BCUT2D eigenvalue weighted by Crippen LogP contribution is -2.27. The molecule has 1 fully saturated rings. The van der Waals surface area contributed by atoms with Crippen molar-refractivity contribution in [3.8, 4) is 17.9 Å². The molecule has 1 unspecified atom stereocenters. The van der Waals surface area contributed by atoms with E-state index in [0.29, 0.717) is 13.0 Å². The van der Waals surface area contributed by atoms with Gasteiger partial charge in [-0.2, -0.15) is 5.26 Å². The third-order valence-corrected chi connectivity index (χ3v) is 3.16. The maximum Gasteiger partial charge on any atom is 0.125 e. The van der Waals surface area contributed by atoms with E-state index in [0.717, 1.165) is 13.0 Å². The van der Waals surface area contributed by atoms with Crippen LogP contribution in [0.1, 0.15) is 39.5 Å². The molecule has 94 valence electrons. The van der Waals surface area contributed by atoms with Gasteiger partial charge in [0.2, 0.25) is 0 Å². The Kier molecular flexibility index (Phi) is 6.05. The second kappa shape index (κ2) is 7.33. The topological polar surface area (TPSA) is 36.3 Å². The Balaban J connectivity index is 2.38. The van der Waals surface area contributed by atoms with E-state index in [4.69, 9.17) is 10.00 Å². The Hall–Kier alpha value is -1.03. The molecule has 17 heavy (non-hydrogen) atoms. The minimum Gasteiger partial charge on any atom is -0.362 e. The Morgan fingerprint density at radius 1 is 1.35 bits per heavy atom. The molecule has 1 aliphatic heterocycles. The maximum atomic E-state index is 8.48. The second-order valence-corrected chi connectivity index (χ2v) is 4.63. The molecule has 0 amide bonds. The summed E-state index contributed by atoms with van der Waals surface area (Å²) in [7, 11) is 0. The first-order valence-electron chi connectivity index (χ1n) is 6.43. The summed E-state index contributed by atoms with van der Waals surface area (Å²) >= 11 is 0. The van der Waals surface area contributed by atoms with Gasteiger partial charge < -0.3 is 4.74 Å². The van der Waals surface area contributed by atoms with Crippen LogP contribution in [0.15, 0.2) is 0 Å². The smallest absolute Gasteiger partial charge is 0.125 e. The summed E-state index contributed by atoms with van der Waals surface area (Å²) in [5.41, 5.74) is -0.392. The summed E-state index contributed by atoms with van der Waals surface area (Å²) in [5.74, 6) is 6.42. The summed E-state index contributed by atoms with van der Waals surface area (Å²) in [5, 5.41) is 8.48. The highest BCUT2D eigenvalue weighted by molar-refractivity contribution is 5.13. The fraction of sp³-hybridized carbons (Fsp3) is 0.786. The third-order valence-electron chi connectivity index (χ3n) is 3.16. The first kappa shape index (κ1) is 14.0. The van der Waals surface area contributed by atoms with Crippen molar-refractivity contribution in [3.63, 3.8) is 0 Å². The lowest BCUT2D eigenvalue weighted by Gasteiger charge is -2.22. The van der Waals surface area contributed by atoms with Gasteiger partial charge in [0.25, 0.3) is 0 Å². The van der Waals surface area contributed by atoms with Crippen LogP contribution in [0.5, 0.6) is 0 Å². The zero-order valence-electron chi connectivity index (χ0n) is 11.0. The van der Waals surface area contributed by atoms with Crippen molar-refractivity contribution in [2.75, 3.05) is 26.2 Å². The van der Waals surface area contributed by atoms with Crippen molar-refractivity contribution < 1.29 is 4.74 Å². The molecule has 1 heterocycles. The highest BCUT2D eigenvalue weighted by Crippen LogP contribution is 2.14. The highest BCUT2D eigenvalue weighted by Gasteiger charge is 2.19. The second-order valence-electron chi connectivity index (χ2n) is 4.63. The van der Waals surface area contributed by atoms with Gasteiger partial charge in [-0.25, -0.2) is 0 Å². The largest absolute Gasteiger partial charge is 0.362 e. The fourth-order valence-corrected chi connectivity index (χ4v) is 1.83. The van der Waals surface area contributed by atoms with E-state index in [1.54, 1.807) is 0 Å². The first-order chi connectivity index (χ1) is 8.20. The van der Waals surface area contributed by atoms with Gasteiger partial charge in [0, 0.05) is 0 Å². The third kappa shape index (κ3) is 5.22. The summed E-state index contributed by atoms with van der Waals surface area (Å²) in [6.45, 7) is 7.73. The number of hydrogen-bond donors (Lipinski definition) is 0. The molecule has 3 heteroatoms. The average Bonchev–Trinajstić information content (AvgIpc) is 2.82. The fourth-order valence-electron chi connectivity index (χ4n) is 1.83. The zero-order chi connectivity index (χ0) is 12.6. The van der Waals surface area contributed by atoms with E-state index in [1.165, 1.54) is 25.9 Å². The predicted molar refractivity (Wildman–Crippen MR) is 68.3 cm³/mol. The van der Waals surface area contributed by atoms with E-state index in [2.05, 4.69) is 29.7 Å². The number of likely N-dealkylation sites (tertiary alicyclic amines) is 1. The molecule has 0 spiro atoms. The van der Waals surface area contributed by atoms with Crippen molar-refractivity contribution in [1.29, 1.82) is 5.26 Å². The molecule has 0 radical (unpaired) electrons. The SMILES string of the molecule is CCC(C)(C#CCN1CCCC1)OCCC#N. The summed E-state index contributed by atoms with van der Waals surface area (Å²) in [6.07, 6.45) is 3.88. The Morgan fingerprint density at radius 2 is 2.06 bits per heavy atom. The number of rotatable bonds is 5. The van der Waals surface area contributed by atoms with Gasteiger partial charge >= 0.3 is 0 Å². The first-order valence-corrected chi connectivity index (χ1v) is 6.43. The monoisotopic (exact) mass is 234 g/mol. The van der Waals surface area contributed by atoms with E-state index < -0.39 is 5.60 Å². The molecular weight excluding hydrogens is 212 g/mol. The molecule has 0 N–H and O–H groups in total. The van der Waals surface area contributed by atoms with Crippen LogP contribution in [-0.4, -0.2) is 36.7 Å². The van der Waals surface area contributed by atoms with Gasteiger partial charge in [-0.1, -0.05) is 18.8 Å². The van der Waals surface area contributed by atoms with Crippen molar-refractivity contribution in [1.82, 2.24) is 4.90 Å². The average molecular weight is 234 g/mol. The highest BCUT2D eigenvalue weighted by atomic mass is 16.5. The molecule has 0 bridgehead atoms. The minimum atomic E-state index is -0.392. The standard InChI is InChI=1S/C14H22N2O/c1-3-14(2,17-13-7-9-15)8-6-12-16-10-4-5-11-16/h3-5,7,10-13H2,1-2H3. The lowest BCUT2D eigenvalue weighted by atomic mass is 10.0. The van der Waals surface area contributed by atoms with Gasteiger partial charge in [-0.15, -0.1) is 0 Å². The van der Waals surface area contributed by atoms with E-state index in [1.807, 2.05) is 6.92 Å². The van der Waals surface area contributed by atoms with Crippen molar-refractivity contribution in [3.05, 3.63) is 0 Å². The van der Waals surface area contributed by atoms with E-state index >= 15 is 0 Å². The van der Waals surface area contributed by atoms with Crippen molar-refractivity contribution >= 4 is 0 Å². The van der Waals surface area contributed by atoms with Crippen LogP contribution in [-0.2, 0) is 4.74 Å². The molecule has 1 saturated heterocycles. The maximum absolute atomic E-state index is 8.48. The number of nitriles is 1. The normalized spacial score (nSPS) is 19.1. The molecule has 0 aromatic carbocycles. The van der Waals surface area contributed by atoms with E-state index in [-0.39, 0.29) is 0 Å². The number of hydrogen-bond acceptors (Lipinski definition) is 3. The van der Waals surface area contributed by atoms with Crippen molar-refractivity contribution in [2.24, 2.45) is 0 Å². The molecule has 0 aromatic heterocycles. The van der Waals surface area contributed by atoms with Gasteiger partial charge in [0.05, 0.1) is 25.6 Å². The quantitative estimate of drug-likeness (QED) is 0.540. The van der Waals surface area contributed by atoms with Gasteiger partial charge in [-0.3, -0.25) is 4.90 Å². The van der Waals surface area contributed by atoms with Crippen LogP contribution in [0.3, 0.4) is 0 Å². The number of nitrogens with zero attached hydrogens (tertiary/aromatic N) is 2. The van der Waals surface area contributed by atoms with E-state index in [9.17, 15) is 0 Å². The van der Waals surface area contributed by atoms with Crippen LogP contribution >= 0.6 is 0 Å². The zero-order valence-corrected chi connectivity index (χ0v) is 11.0. The van der Waals surface area contributed by atoms with Crippen LogP contribution < -0.4 is 0 Å². The molecule has 3 nitrogen and oxygen atoms in total. The van der Waals surface area contributed by atoms with Crippen LogP contribution in [0.2, 0.25) is 0 Å². The lowest BCUT2D eigenvalue weighted by molar-refractivity contribution is 0.0137. The minimum absolute atomic E-state index is 0.392.